The molecule has 1 aliphatic heterocycles. The van der Waals surface area contributed by atoms with Gasteiger partial charge in [0.25, 0.3) is 0 Å². The molecule has 2 N–H and O–H groups in total. The smallest absolute Gasteiger partial charge is 0.416 e. The molecule has 1 saturated heterocycles. The van der Waals surface area contributed by atoms with E-state index in [1.165, 1.54) is 11.1 Å². The number of anilines is 3. The van der Waals surface area contributed by atoms with Crippen molar-refractivity contribution in [2.24, 2.45) is 0 Å². The second-order valence-corrected chi connectivity index (χ2v) is 8.60. The summed E-state index contributed by atoms with van der Waals surface area (Å²) in [6.07, 6.45) is -6.97. The van der Waals surface area contributed by atoms with Crippen LogP contribution in [-0.4, -0.2) is 59.1 Å². The van der Waals surface area contributed by atoms with Gasteiger partial charge in [0.05, 0.1) is 16.8 Å². The highest BCUT2D eigenvalue weighted by Gasteiger charge is 2.38. The quantitative estimate of drug-likeness (QED) is 0.465. The zero-order valence-electron chi connectivity index (χ0n) is 20.5. The summed E-state index contributed by atoms with van der Waals surface area (Å²) in [5.74, 6) is 1.07. The predicted octanol–water partition coefficient (Wildman–Crippen LogP) is 4.45. The van der Waals surface area contributed by atoms with Crippen LogP contribution in [0.2, 0.25) is 0 Å². The minimum Gasteiger partial charge on any atom is -0.483 e. The van der Waals surface area contributed by atoms with Crippen molar-refractivity contribution in [3.05, 3.63) is 65.6 Å². The molecule has 2 aromatic heterocycles. The number of amides is 2. The Balaban J connectivity index is 1.44. The number of hydrogen-bond acceptors (Lipinski definition) is 7. The number of aromatic nitrogens is 3. The Morgan fingerprint density at radius 1 is 0.974 bits per heavy atom. The van der Waals surface area contributed by atoms with E-state index in [1.54, 1.807) is 24.4 Å². The summed E-state index contributed by atoms with van der Waals surface area (Å²) in [7, 11) is 1.13. The van der Waals surface area contributed by atoms with Crippen molar-refractivity contribution < 1.29 is 35.9 Å². The molecule has 2 amide bonds. The van der Waals surface area contributed by atoms with E-state index in [0.29, 0.717) is 42.5 Å². The van der Waals surface area contributed by atoms with Crippen molar-refractivity contribution in [1.82, 2.24) is 19.9 Å². The lowest BCUT2D eigenvalue weighted by Crippen LogP contribution is -2.52. The molecule has 0 spiro atoms. The van der Waals surface area contributed by atoms with Crippen molar-refractivity contribution in [2.75, 3.05) is 48.8 Å². The number of piperazine rings is 1. The molecule has 0 radical (unpaired) electrons. The molecule has 0 unspecified atom stereocenters. The third-order valence-electron chi connectivity index (χ3n) is 5.95. The van der Waals surface area contributed by atoms with Crippen LogP contribution in [0.4, 0.5) is 48.6 Å². The summed E-state index contributed by atoms with van der Waals surface area (Å²) in [6.45, 7) is 0.985. The molecule has 3 heterocycles. The normalized spacial score (nSPS) is 14.3. The molecule has 3 aromatic rings. The van der Waals surface area contributed by atoms with Gasteiger partial charge >= 0.3 is 18.4 Å². The maximum absolute atomic E-state index is 13.2. The zero-order valence-corrected chi connectivity index (χ0v) is 20.5. The van der Waals surface area contributed by atoms with Crippen LogP contribution in [0, 0.1) is 0 Å². The first-order chi connectivity index (χ1) is 18.3. The minimum atomic E-state index is -5.02. The maximum atomic E-state index is 13.2. The van der Waals surface area contributed by atoms with Gasteiger partial charge in [-0.25, -0.2) is 19.7 Å². The molecule has 1 fully saturated rings. The number of carbonyl (C=O) groups excluding carboxylic acids is 1. The topological polar surface area (TPSA) is 101 Å². The standard InChI is InChI=1S/C24H23F6N7O2/c1-35(18-12-15(23(25,26)27)11-16(13-18)24(28,29)30)22(38)37-9-7-36(8-10-37)20-19(3-2-5-32-20)39-14-17-4-6-33-21(31)34-17/h2-6,11-13H,7-10,14H2,1H3,(H2,31,33,34). The van der Waals surface area contributed by atoms with E-state index in [4.69, 9.17) is 10.5 Å². The number of alkyl halides is 6. The van der Waals surface area contributed by atoms with Crippen LogP contribution in [0.5, 0.6) is 5.75 Å². The van der Waals surface area contributed by atoms with E-state index in [2.05, 4.69) is 15.0 Å². The lowest BCUT2D eigenvalue weighted by Gasteiger charge is -2.37. The number of pyridine rings is 1. The Morgan fingerprint density at radius 2 is 1.62 bits per heavy atom. The third kappa shape index (κ3) is 6.59. The van der Waals surface area contributed by atoms with E-state index in [9.17, 15) is 31.1 Å². The largest absolute Gasteiger partial charge is 0.483 e. The molecule has 1 aromatic carbocycles. The van der Waals surface area contributed by atoms with Crippen molar-refractivity contribution in [1.29, 1.82) is 0 Å². The maximum Gasteiger partial charge on any atom is 0.416 e. The summed E-state index contributed by atoms with van der Waals surface area (Å²) >= 11 is 0. The van der Waals surface area contributed by atoms with Gasteiger partial charge in [-0.05, 0) is 36.4 Å². The van der Waals surface area contributed by atoms with E-state index in [1.807, 2.05) is 4.90 Å². The Hall–Kier alpha value is -4.30. The number of carbonyl (C=O) groups is 1. The highest BCUT2D eigenvalue weighted by Crippen LogP contribution is 2.38. The molecular weight excluding hydrogens is 532 g/mol. The van der Waals surface area contributed by atoms with Gasteiger partial charge in [-0.3, -0.25) is 4.90 Å². The Kier molecular flexibility index (Phi) is 7.70. The van der Waals surface area contributed by atoms with Crippen LogP contribution in [-0.2, 0) is 19.0 Å². The average molecular weight is 555 g/mol. The van der Waals surface area contributed by atoms with E-state index in [-0.39, 0.29) is 31.7 Å². The molecule has 0 aliphatic carbocycles. The Bertz CT molecular complexity index is 1290. The number of rotatable bonds is 5. The first-order valence-corrected chi connectivity index (χ1v) is 11.5. The average Bonchev–Trinajstić information content (AvgIpc) is 2.90. The SMILES string of the molecule is CN(C(=O)N1CCN(c2ncccc2OCc2ccnc(N)n2)CC1)c1cc(C(F)(F)F)cc(C(F)(F)F)c1. The summed E-state index contributed by atoms with van der Waals surface area (Å²) in [6, 6.07) is 5.37. The Morgan fingerprint density at radius 3 is 2.21 bits per heavy atom. The van der Waals surface area contributed by atoms with Crippen molar-refractivity contribution in [2.45, 2.75) is 19.0 Å². The molecule has 0 atom stereocenters. The second-order valence-electron chi connectivity index (χ2n) is 8.60. The molecule has 4 rings (SSSR count). The van der Waals surface area contributed by atoms with Crippen molar-refractivity contribution in [3.8, 4) is 5.75 Å². The van der Waals surface area contributed by atoms with E-state index < -0.39 is 35.2 Å². The second kappa shape index (κ2) is 10.8. The number of nitrogens with zero attached hydrogens (tertiary/aromatic N) is 6. The number of urea groups is 1. The van der Waals surface area contributed by atoms with Crippen LogP contribution >= 0.6 is 0 Å². The molecule has 0 bridgehead atoms. The molecule has 39 heavy (non-hydrogen) atoms. The van der Waals surface area contributed by atoms with Crippen molar-refractivity contribution >= 4 is 23.5 Å². The summed E-state index contributed by atoms with van der Waals surface area (Å²) in [5, 5.41) is 0. The van der Waals surface area contributed by atoms with Gasteiger partial charge in [0.1, 0.15) is 6.61 Å². The first-order valence-electron chi connectivity index (χ1n) is 11.5. The molecule has 9 nitrogen and oxygen atoms in total. The molecular formula is C24H23F6N7O2. The van der Waals surface area contributed by atoms with Gasteiger partial charge in [0.15, 0.2) is 11.6 Å². The first kappa shape index (κ1) is 27.7. The number of hydrogen-bond donors (Lipinski definition) is 1. The van der Waals surface area contributed by atoms with Gasteiger partial charge < -0.3 is 20.3 Å². The number of nitrogen functional groups attached to an aromatic ring is 1. The van der Waals surface area contributed by atoms with Crippen LogP contribution in [0.25, 0.3) is 0 Å². The van der Waals surface area contributed by atoms with E-state index in [0.717, 1.165) is 11.9 Å². The van der Waals surface area contributed by atoms with Gasteiger partial charge in [-0.2, -0.15) is 26.3 Å². The van der Waals surface area contributed by atoms with Crippen LogP contribution in [0.15, 0.2) is 48.8 Å². The minimum absolute atomic E-state index is 0.0206. The summed E-state index contributed by atoms with van der Waals surface area (Å²) < 4.78 is 85.3. The highest BCUT2D eigenvalue weighted by molar-refractivity contribution is 5.92. The fourth-order valence-corrected chi connectivity index (χ4v) is 3.94. The van der Waals surface area contributed by atoms with Crippen LogP contribution in [0.1, 0.15) is 16.8 Å². The molecule has 0 saturated carbocycles. The lowest BCUT2D eigenvalue weighted by molar-refractivity contribution is -0.143. The zero-order chi connectivity index (χ0) is 28.4. The predicted molar refractivity (Wildman–Crippen MR) is 129 cm³/mol. The molecule has 208 valence electrons. The summed E-state index contributed by atoms with van der Waals surface area (Å²) in [5.41, 5.74) is 2.63. The number of halogens is 6. The molecule has 15 heteroatoms. The molecule has 1 aliphatic rings. The number of ether oxygens (including phenoxy) is 1. The van der Waals surface area contributed by atoms with Gasteiger partial charge in [-0.1, -0.05) is 0 Å². The van der Waals surface area contributed by atoms with E-state index >= 15 is 0 Å². The fraction of sp³-hybridized carbons (Fsp3) is 0.333. The van der Waals surface area contributed by atoms with Gasteiger partial charge in [0, 0.05) is 51.3 Å². The van der Waals surface area contributed by atoms with Crippen LogP contribution < -0.4 is 20.3 Å². The number of benzene rings is 1. The highest BCUT2D eigenvalue weighted by atomic mass is 19.4. The van der Waals surface area contributed by atoms with Crippen molar-refractivity contribution in [3.63, 3.8) is 0 Å². The number of nitrogens with two attached hydrogens (primary N) is 1. The third-order valence-corrected chi connectivity index (χ3v) is 5.95. The Labute approximate surface area is 218 Å². The summed E-state index contributed by atoms with van der Waals surface area (Å²) in [4.78, 5) is 29.3. The monoisotopic (exact) mass is 555 g/mol. The fourth-order valence-electron chi connectivity index (χ4n) is 3.94. The van der Waals surface area contributed by atoms with Gasteiger partial charge in [0.2, 0.25) is 5.95 Å². The van der Waals surface area contributed by atoms with Gasteiger partial charge in [-0.15, -0.1) is 0 Å². The van der Waals surface area contributed by atoms with Crippen LogP contribution in [0.3, 0.4) is 0 Å². The lowest BCUT2D eigenvalue weighted by atomic mass is 10.1.